The van der Waals surface area contributed by atoms with E-state index < -0.39 is 10.0 Å². The van der Waals surface area contributed by atoms with Gasteiger partial charge < -0.3 is 4.52 Å². The minimum absolute atomic E-state index is 0.0719. The molecule has 0 radical (unpaired) electrons. The van der Waals surface area contributed by atoms with E-state index in [9.17, 15) is 8.42 Å². The highest BCUT2D eigenvalue weighted by atomic mass is 32.2. The molecule has 1 fully saturated rings. The van der Waals surface area contributed by atoms with Crippen LogP contribution in [0.3, 0.4) is 0 Å². The maximum atomic E-state index is 12.7. The summed E-state index contributed by atoms with van der Waals surface area (Å²) in [5.41, 5.74) is 0.832. The van der Waals surface area contributed by atoms with Gasteiger partial charge in [-0.2, -0.15) is 14.7 Å². The lowest BCUT2D eigenvalue weighted by molar-refractivity contribution is 0.389. The Labute approximate surface area is 128 Å². The van der Waals surface area contributed by atoms with E-state index in [1.807, 2.05) is 6.07 Å². The quantitative estimate of drug-likeness (QED) is 0.835. The van der Waals surface area contributed by atoms with Gasteiger partial charge in [0.05, 0.1) is 17.8 Å². The number of hydrogen-bond donors (Lipinski definition) is 0. The molecule has 0 saturated carbocycles. The van der Waals surface area contributed by atoms with Crippen LogP contribution in [0, 0.1) is 25.2 Å². The first-order chi connectivity index (χ1) is 10.4. The minimum Gasteiger partial charge on any atom is -0.360 e. The van der Waals surface area contributed by atoms with Crippen molar-refractivity contribution in [2.45, 2.75) is 31.2 Å². The van der Waals surface area contributed by atoms with Crippen LogP contribution in [-0.2, 0) is 10.0 Å². The van der Waals surface area contributed by atoms with Crippen molar-refractivity contribution in [2.75, 3.05) is 13.1 Å². The second-order valence-electron chi connectivity index (χ2n) is 5.28. The first-order valence-corrected chi connectivity index (χ1v) is 8.24. The van der Waals surface area contributed by atoms with Crippen molar-refractivity contribution >= 4 is 10.0 Å². The smallest absolute Gasteiger partial charge is 0.248 e. The molecule has 1 aliphatic rings. The highest BCUT2D eigenvalue weighted by Gasteiger charge is 2.37. The molecule has 9 heteroatoms. The first-order valence-electron chi connectivity index (χ1n) is 6.80. The Morgan fingerprint density at radius 2 is 2.23 bits per heavy atom. The summed E-state index contributed by atoms with van der Waals surface area (Å²) in [4.78, 5) is 0.145. The molecule has 1 unspecified atom stereocenters. The van der Waals surface area contributed by atoms with Gasteiger partial charge in [-0.1, -0.05) is 5.16 Å². The van der Waals surface area contributed by atoms with Crippen LogP contribution in [0.15, 0.2) is 21.8 Å². The van der Waals surface area contributed by atoms with Crippen LogP contribution in [0.4, 0.5) is 0 Å². The van der Waals surface area contributed by atoms with Crippen LogP contribution >= 0.6 is 0 Å². The number of sulfonamides is 1. The van der Waals surface area contributed by atoms with Gasteiger partial charge in [-0.05, 0) is 20.3 Å². The summed E-state index contributed by atoms with van der Waals surface area (Å²) in [6, 6.07) is 1.94. The molecular weight excluding hydrogens is 306 g/mol. The monoisotopic (exact) mass is 321 g/mol. The summed E-state index contributed by atoms with van der Waals surface area (Å²) in [6.07, 6.45) is 3.76. The molecule has 0 aromatic carbocycles. The average molecular weight is 321 g/mol. The normalized spacial score (nSPS) is 19.4. The maximum Gasteiger partial charge on any atom is 0.248 e. The first kappa shape index (κ1) is 14.7. The number of nitrogens with zero attached hydrogens (tertiary/aromatic N) is 5. The lowest BCUT2D eigenvalue weighted by Crippen LogP contribution is -2.30. The van der Waals surface area contributed by atoms with Crippen molar-refractivity contribution < 1.29 is 12.9 Å². The molecule has 0 bridgehead atoms. The van der Waals surface area contributed by atoms with Crippen LogP contribution in [0.1, 0.15) is 29.5 Å². The molecule has 22 heavy (non-hydrogen) atoms. The molecule has 1 saturated heterocycles. The van der Waals surface area contributed by atoms with Crippen LogP contribution < -0.4 is 0 Å². The number of rotatable bonds is 3. The Morgan fingerprint density at radius 1 is 1.45 bits per heavy atom. The number of nitriles is 1. The van der Waals surface area contributed by atoms with Gasteiger partial charge in [-0.15, -0.1) is 0 Å². The molecule has 116 valence electrons. The highest BCUT2D eigenvalue weighted by Crippen LogP contribution is 2.29. The van der Waals surface area contributed by atoms with E-state index in [0.29, 0.717) is 36.5 Å². The van der Waals surface area contributed by atoms with Crippen molar-refractivity contribution in [1.29, 1.82) is 5.26 Å². The predicted octanol–water partition coefficient (Wildman–Crippen LogP) is 0.995. The largest absolute Gasteiger partial charge is 0.360 e. The summed E-state index contributed by atoms with van der Waals surface area (Å²) < 4.78 is 33.5. The van der Waals surface area contributed by atoms with Gasteiger partial charge in [-0.3, -0.25) is 4.68 Å². The van der Waals surface area contributed by atoms with Crippen molar-refractivity contribution in [1.82, 2.24) is 19.2 Å². The van der Waals surface area contributed by atoms with Gasteiger partial charge in [-0.25, -0.2) is 8.42 Å². The second kappa shape index (κ2) is 5.23. The summed E-state index contributed by atoms with van der Waals surface area (Å²) in [5.74, 6) is 0.298. The maximum absolute atomic E-state index is 12.7. The minimum atomic E-state index is -3.63. The van der Waals surface area contributed by atoms with Gasteiger partial charge in [0.2, 0.25) is 10.0 Å². The Balaban J connectivity index is 1.85. The molecule has 3 rings (SSSR count). The summed E-state index contributed by atoms with van der Waals surface area (Å²) in [7, 11) is -3.63. The Kier molecular flexibility index (Phi) is 3.50. The predicted molar refractivity (Wildman–Crippen MR) is 75.3 cm³/mol. The zero-order chi connectivity index (χ0) is 15.9. The van der Waals surface area contributed by atoms with Crippen LogP contribution in [-0.4, -0.2) is 40.7 Å². The number of aryl methyl sites for hydroxylation is 2. The molecule has 1 atom stereocenters. The van der Waals surface area contributed by atoms with E-state index in [4.69, 9.17) is 9.78 Å². The molecule has 0 N–H and O–H groups in total. The molecule has 0 amide bonds. The zero-order valence-corrected chi connectivity index (χ0v) is 13.0. The Bertz CT molecular complexity index is 826. The molecular formula is C13H15N5O3S. The van der Waals surface area contributed by atoms with Crippen molar-refractivity contribution in [3.8, 4) is 6.07 Å². The average Bonchev–Trinajstić information content (AvgIpc) is 3.17. The molecule has 2 aromatic heterocycles. The van der Waals surface area contributed by atoms with Crippen LogP contribution in [0.2, 0.25) is 0 Å². The van der Waals surface area contributed by atoms with Crippen molar-refractivity contribution in [3.05, 3.63) is 29.4 Å². The van der Waals surface area contributed by atoms with E-state index in [-0.39, 0.29) is 10.9 Å². The molecule has 8 nitrogen and oxygen atoms in total. The van der Waals surface area contributed by atoms with Crippen molar-refractivity contribution in [2.24, 2.45) is 0 Å². The van der Waals surface area contributed by atoms with Crippen LogP contribution in [0.25, 0.3) is 0 Å². The third-order valence-corrected chi connectivity index (χ3v) is 5.91. The van der Waals surface area contributed by atoms with Crippen molar-refractivity contribution in [3.63, 3.8) is 0 Å². The standard InChI is InChI=1S/C13H15N5O3S/c1-9-13(10(2)21-16-9)22(19,20)17-4-3-12(8-17)18-7-11(5-14)6-15-18/h6-7,12H,3-4,8H2,1-2H3. The second-order valence-corrected chi connectivity index (χ2v) is 7.15. The number of hydrogen-bond acceptors (Lipinski definition) is 6. The van der Waals surface area contributed by atoms with Gasteiger partial charge in [0.25, 0.3) is 0 Å². The SMILES string of the molecule is Cc1noc(C)c1S(=O)(=O)N1CCC(n2cc(C#N)cn2)C1. The van der Waals surface area contributed by atoms with Gasteiger partial charge in [0, 0.05) is 19.3 Å². The molecule has 2 aromatic rings. The molecule has 0 aliphatic carbocycles. The van der Waals surface area contributed by atoms with Gasteiger partial charge >= 0.3 is 0 Å². The molecule has 3 heterocycles. The van der Waals surface area contributed by atoms with Gasteiger partial charge in [0.15, 0.2) is 5.76 Å². The lowest BCUT2D eigenvalue weighted by atomic mass is 10.3. The van der Waals surface area contributed by atoms with Crippen LogP contribution in [0.5, 0.6) is 0 Å². The summed E-state index contributed by atoms with van der Waals surface area (Å²) >= 11 is 0. The lowest BCUT2D eigenvalue weighted by Gasteiger charge is -2.16. The topological polar surface area (TPSA) is 105 Å². The Morgan fingerprint density at radius 3 is 2.82 bits per heavy atom. The number of aromatic nitrogens is 3. The third-order valence-electron chi connectivity index (χ3n) is 3.80. The fraction of sp³-hybridized carbons (Fsp3) is 0.462. The van der Waals surface area contributed by atoms with E-state index >= 15 is 0 Å². The van der Waals surface area contributed by atoms with E-state index in [1.165, 1.54) is 10.5 Å². The van der Waals surface area contributed by atoms with E-state index in [0.717, 1.165) is 0 Å². The molecule has 0 spiro atoms. The fourth-order valence-corrected chi connectivity index (χ4v) is 4.50. The van der Waals surface area contributed by atoms with E-state index in [2.05, 4.69) is 10.3 Å². The van der Waals surface area contributed by atoms with E-state index in [1.54, 1.807) is 24.7 Å². The highest BCUT2D eigenvalue weighted by molar-refractivity contribution is 7.89. The zero-order valence-electron chi connectivity index (χ0n) is 12.2. The third kappa shape index (κ3) is 2.30. The summed E-state index contributed by atoms with van der Waals surface area (Å²) in [6.45, 7) is 3.93. The molecule has 1 aliphatic heterocycles. The Hall–Kier alpha value is -2.18. The fourth-order valence-electron chi connectivity index (χ4n) is 2.71. The summed E-state index contributed by atoms with van der Waals surface area (Å²) in [5, 5.41) is 16.7. The van der Waals surface area contributed by atoms with Gasteiger partial charge in [0.1, 0.15) is 16.7 Å².